The number of H-pyrrole nitrogens is 1. The van der Waals surface area contributed by atoms with Crippen LogP contribution < -0.4 is 0 Å². The maximum Gasteiger partial charge on any atom is 0.289 e. The van der Waals surface area contributed by atoms with Crippen LogP contribution in [0.1, 0.15) is 5.69 Å². The molecule has 0 spiro atoms. The monoisotopic (exact) mass is 146 g/mol. The minimum absolute atomic E-state index is 0.118. The Morgan fingerprint density at radius 2 is 2.30 bits per heavy atom. The van der Waals surface area contributed by atoms with Crippen molar-refractivity contribution in [1.29, 1.82) is 0 Å². The van der Waals surface area contributed by atoms with Gasteiger partial charge in [-0.25, -0.2) is 0 Å². The van der Waals surface area contributed by atoms with Gasteiger partial charge in [0.2, 0.25) is 5.95 Å². The van der Waals surface area contributed by atoms with E-state index in [9.17, 15) is 13.6 Å². The first-order valence-corrected chi connectivity index (χ1v) is 2.57. The highest BCUT2D eigenvalue weighted by molar-refractivity contribution is 5.53. The van der Waals surface area contributed by atoms with Crippen molar-refractivity contribution in [2.24, 2.45) is 0 Å². The van der Waals surface area contributed by atoms with Gasteiger partial charge >= 0.3 is 0 Å². The summed E-state index contributed by atoms with van der Waals surface area (Å²) in [6.07, 6.45) is -0.715. The molecule has 1 aromatic heterocycles. The number of aldehydes is 1. The van der Waals surface area contributed by atoms with E-state index in [1.807, 2.05) is 4.98 Å². The Labute approximate surface area is 55.1 Å². The highest BCUT2D eigenvalue weighted by atomic mass is 19.1. The van der Waals surface area contributed by atoms with Crippen molar-refractivity contribution in [2.45, 2.75) is 6.42 Å². The molecular weight excluding hydrogens is 142 g/mol. The maximum atomic E-state index is 12.3. The van der Waals surface area contributed by atoms with Crippen LogP contribution in [0.25, 0.3) is 0 Å². The topological polar surface area (TPSA) is 45.8 Å². The number of rotatable bonds is 2. The number of hydrogen-bond donors (Lipinski definition) is 1. The minimum atomic E-state index is -1.01. The summed E-state index contributed by atoms with van der Waals surface area (Å²) in [5.41, 5.74) is -0.118. The van der Waals surface area contributed by atoms with E-state index < -0.39 is 12.0 Å². The standard InChI is InChI=1S/C5H4F2N2O/c6-4-3(1-2-10)8-5(7)9-4/h2H,1H2,(H,8,9). The summed E-state index contributed by atoms with van der Waals surface area (Å²) >= 11 is 0. The molecule has 0 unspecified atom stereocenters. The Bertz CT molecular complexity index is 246. The van der Waals surface area contributed by atoms with Crippen LogP contribution in [0.2, 0.25) is 0 Å². The highest BCUT2D eigenvalue weighted by Gasteiger charge is 2.07. The highest BCUT2D eigenvalue weighted by Crippen LogP contribution is 2.01. The van der Waals surface area contributed by atoms with E-state index >= 15 is 0 Å². The van der Waals surface area contributed by atoms with Crippen molar-refractivity contribution >= 4 is 6.29 Å². The number of nitrogens with one attached hydrogen (secondary N) is 1. The van der Waals surface area contributed by atoms with Gasteiger partial charge in [0.15, 0.2) is 0 Å². The molecule has 0 radical (unpaired) electrons. The van der Waals surface area contributed by atoms with Gasteiger partial charge in [-0.2, -0.15) is 13.8 Å². The van der Waals surface area contributed by atoms with E-state index in [0.29, 0.717) is 6.29 Å². The third-order valence-corrected chi connectivity index (χ3v) is 0.987. The van der Waals surface area contributed by atoms with E-state index in [-0.39, 0.29) is 12.1 Å². The molecule has 0 saturated heterocycles. The van der Waals surface area contributed by atoms with Gasteiger partial charge in [-0.05, 0) is 0 Å². The SMILES string of the molecule is O=CCc1[nH]c(F)nc1F. The lowest BCUT2D eigenvalue weighted by Crippen LogP contribution is -1.89. The molecule has 1 aromatic rings. The van der Waals surface area contributed by atoms with Crippen LogP contribution in [-0.4, -0.2) is 16.3 Å². The number of hydrogen-bond acceptors (Lipinski definition) is 2. The molecule has 3 nitrogen and oxygen atoms in total. The summed E-state index contributed by atoms with van der Waals surface area (Å²) in [5, 5.41) is 0. The van der Waals surface area contributed by atoms with Crippen LogP contribution in [0.15, 0.2) is 0 Å². The van der Waals surface area contributed by atoms with Crippen molar-refractivity contribution in [3.05, 3.63) is 17.7 Å². The number of aromatic amines is 1. The second-order valence-corrected chi connectivity index (χ2v) is 1.67. The molecule has 0 aliphatic carbocycles. The third kappa shape index (κ3) is 1.18. The number of carbonyl (C=O) groups is 1. The Morgan fingerprint density at radius 1 is 1.60 bits per heavy atom. The van der Waals surface area contributed by atoms with Crippen LogP contribution in [0.3, 0.4) is 0 Å². The lowest BCUT2D eigenvalue weighted by atomic mass is 10.4. The first kappa shape index (κ1) is 6.85. The van der Waals surface area contributed by atoms with E-state index in [0.717, 1.165) is 0 Å². The van der Waals surface area contributed by atoms with Crippen molar-refractivity contribution < 1.29 is 13.6 Å². The summed E-state index contributed by atoms with van der Waals surface area (Å²) in [6, 6.07) is 0. The largest absolute Gasteiger partial charge is 0.315 e. The van der Waals surface area contributed by atoms with Gasteiger partial charge in [0.05, 0.1) is 5.69 Å². The Kier molecular flexibility index (Phi) is 1.75. The first-order valence-electron chi connectivity index (χ1n) is 2.57. The van der Waals surface area contributed by atoms with Crippen molar-refractivity contribution in [2.75, 3.05) is 0 Å². The predicted octanol–water partition coefficient (Wildman–Crippen LogP) is 0.429. The molecule has 0 aliphatic heterocycles. The van der Waals surface area contributed by atoms with Crippen molar-refractivity contribution in [3.63, 3.8) is 0 Å². The molecule has 0 saturated carbocycles. The van der Waals surface area contributed by atoms with Crippen LogP contribution in [-0.2, 0) is 11.2 Å². The zero-order valence-electron chi connectivity index (χ0n) is 4.90. The molecule has 0 amide bonds. The van der Waals surface area contributed by atoms with E-state index in [4.69, 9.17) is 0 Å². The fraction of sp³-hybridized carbons (Fsp3) is 0.200. The summed E-state index contributed by atoms with van der Waals surface area (Å²) in [4.78, 5) is 14.5. The predicted molar refractivity (Wildman–Crippen MR) is 28.3 cm³/mol. The fourth-order valence-corrected chi connectivity index (χ4v) is 0.576. The molecule has 1 N–H and O–H groups in total. The zero-order valence-corrected chi connectivity index (χ0v) is 4.90. The molecule has 0 aromatic carbocycles. The molecule has 54 valence electrons. The Morgan fingerprint density at radius 3 is 2.70 bits per heavy atom. The maximum absolute atomic E-state index is 12.3. The normalized spacial score (nSPS) is 9.80. The molecular formula is C5H4F2N2O. The second kappa shape index (κ2) is 2.55. The molecule has 10 heavy (non-hydrogen) atoms. The van der Waals surface area contributed by atoms with Crippen LogP contribution in [0.5, 0.6) is 0 Å². The zero-order chi connectivity index (χ0) is 7.56. The van der Waals surface area contributed by atoms with Crippen LogP contribution >= 0.6 is 0 Å². The summed E-state index contributed by atoms with van der Waals surface area (Å²) in [5.74, 6) is -0.954. The summed E-state index contributed by atoms with van der Waals surface area (Å²) < 4.78 is 24.2. The molecule has 0 aliphatic rings. The molecule has 0 fully saturated rings. The average molecular weight is 146 g/mol. The number of aromatic nitrogens is 2. The van der Waals surface area contributed by atoms with E-state index in [2.05, 4.69) is 4.98 Å². The molecule has 1 heterocycles. The van der Waals surface area contributed by atoms with E-state index in [1.54, 1.807) is 0 Å². The first-order chi connectivity index (χ1) is 4.74. The summed E-state index contributed by atoms with van der Waals surface area (Å²) in [6.45, 7) is 0. The van der Waals surface area contributed by atoms with Crippen molar-refractivity contribution in [1.82, 2.24) is 9.97 Å². The van der Waals surface area contributed by atoms with E-state index in [1.165, 1.54) is 0 Å². The molecule has 0 atom stereocenters. The second-order valence-electron chi connectivity index (χ2n) is 1.67. The molecule has 5 heteroatoms. The van der Waals surface area contributed by atoms with Gasteiger partial charge in [0, 0.05) is 6.42 Å². The Hall–Kier alpha value is -1.26. The van der Waals surface area contributed by atoms with Gasteiger partial charge in [0.1, 0.15) is 6.29 Å². The lowest BCUT2D eigenvalue weighted by Gasteiger charge is -1.82. The lowest BCUT2D eigenvalue weighted by molar-refractivity contribution is -0.107. The molecule has 0 bridgehead atoms. The van der Waals surface area contributed by atoms with Crippen molar-refractivity contribution in [3.8, 4) is 0 Å². The van der Waals surface area contributed by atoms with Gasteiger partial charge in [-0.1, -0.05) is 0 Å². The number of halogens is 2. The number of carbonyl (C=O) groups excluding carboxylic acids is 1. The minimum Gasteiger partial charge on any atom is -0.315 e. The van der Waals surface area contributed by atoms with Gasteiger partial charge in [-0.3, -0.25) is 0 Å². The smallest absolute Gasteiger partial charge is 0.289 e. The number of nitrogens with zero attached hydrogens (tertiary/aromatic N) is 1. The Balaban J connectivity index is 2.91. The van der Waals surface area contributed by atoms with Crippen LogP contribution in [0.4, 0.5) is 8.78 Å². The fourth-order valence-electron chi connectivity index (χ4n) is 0.576. The van der Waals surface area contributed by atoms with Gasteiger partial charge in [0.25, 0.3) is 6.08 Å². The average Bonchev–Trinajstić information content (AvgIpc) is 2.13. The van der Waals surface area contributed by atoms with Crippen LogP contribution in [0, 0.1) is 12.0 Å². The number of imidazole rings is 1. The quantitative estimate of drug-likeness (QED) is 0.615. The summed E-state index contributed by atoms with van der Waals surface area (Å²) in [7, 11) is 0. The van der Waals surface area contributed by atoms with Gasteiger partial charge < -0.3 is 9.78 Å². The molecule has 1 rings (SSSR count). The third-order valence-electron chi connectivity index (χ3n) is 0.987. The van der Waals surface area contributed by atoms with Gasteiger partial charge in [-0.15, -0.1) is 0 Å².